The van der Waals surface area contributed by atoms with Crippen molar-refractivity contribution >= 4 is 16.8 Å². The first-order valence-electron chi connectivity index (χ1n) is 7.21. The fourth-order valence-corrected chi connectivity index (χ4v) is 2.55. The summed E-state index contributed by atoms with van der Waals surface area (Å²) in [5.74, 6) is 0.757. The van der Waals surface area contributed by atoms with Crippen molar-refractivity contribution in [2.24, 2.45) is 0 Å². The molecule has 4 heteroatoms. The number of hydrogen-bond donors (Lipinski definition) is 0. The van der Waals surface area contributed by atoms with Gasteiger partial charge in [0.1, 0.15) is 11.4 Å². The van der Waals surface area contributed by atoms with Crippen LogP contribution >= 0.6 is 0 Å². The Labute approximate surface area is 125 Å². The predicted molar refractivity (Wildman–Crippen MR) is 84.7 cm³/mol. The Hall–Kier alpha value is -2.10. The van der Waals surface area contributed by atoms with Crippen molar-refractivity contribution in [2.75, 3.05) is 7.11 Å². The summed E-state index contributed by atoms with van der Waals surface area (Å²) in [5, 5.41) is 0.964. The number of hydrogen-bond acceptors (Lipinski definition) is 3. The maximum Gasteiger partial charge on any atom is 0.272 e. The zero-order valence-electron chi connectivity index (χ0n) is 13.3. The van der Waals surface area contributed by atoms with Crippen molar-refractivity contribution in [3.8, 4) is 5.75 Å². The number of methoxy groups -OCH3 is 1. The van der Waals surface area contributed by atoms with Gasteiger partial charge in [-0.1, -0.05) is 6.07 Å². The smallest absolute Gasteiger partial charge is 0.272 e. The number of fused-ring (bicyclic) bond motifs is 1. The second-order valence-electron chi connectivity index (χ2n) is 5.66. The minimum absolute atomic E-state index is 0.0299. The van der Waals surface area contributed by atoms with E-state index in [0.717, 1.165) is 16.7 Å². The Bertz CT molecular complexity index is 642. The van der Waals surface area contributed by atoms with E-state index >= 15 is 0 Å². The fourth-order valence-electron chi connectivity index (χ4n) is 2.55. The van der Waals surface area contributed by atoms with Crippen LogP contribution in [0.2, 0.25) is 0 Å². The molecule has 0 aliphatic heterocycles. The molecule has 0 aliphatic carbocycles. The minimum Gasteiger partial charge on any atom is -0.497 e. The molecule has 4 nitrogen and oxygen atoms in total. The van der Waals surface area contributed by atoms with E-state index in [1.54, 1.807) is 13.2 Å². The first-order chi connectivity index (χ1) is 9.93. The molecule has 0 saturated carbocycles. The molecule has 21 heavy (non-hydrogen) atoms. The van der Waals surface area contributed by atoms with Gasteiger partial charge in [-0.05, 0) is 52.0 Å². The first-order valence-corrected chi connectivity index (χ1v) is 7.21. The lowest BCUT2D eigenvalue weighted by molar-refractivity contribution is 0.0638. The standard InChI is InChI=1S/C17H22N2O2/c1-11(2)19(12(3)4)17(20)16-8-6-13-10-14(21-5)7-9-15(13)18-16/h6-12H,1-5H3. The minimum atomic E-state index is -0.0299. The third-order valence-corrected chi connectivity index (χ3v) is 3.46. The monoisotopic (exact) mass is 286 g/mol. The zero-order valence-corrected chi connectivity index (χ0v) is 13.3. The molecule has 0 aliphatic rings. The van der Waals surface area contributed by atoms with Crippen LogP contribution in [0.1, 0.15) is 38.2 Å². The molecular weight excluding hydrogens is 264 g/mol. The summed E-state index contributed by atoms with van der Waals surface area (Å²) in [4.78, 5) is 19.0. The lowest BCUT2D eigenvalue weighted by Crippen LogP contribution is -2.42. The number of rotatable bonds is 4. The van der Waals surface area contributed by atoms with Crippen LogP contribution in [0.4, 0.5) is 0 Å². The van der Waals surface area contributed by atoms with E-state index in [0.29, 0.717) is 5.69 Å². The van der Waals surface area contributed by atoms with Crippen LogP contribution < -0.4 is 4.74 Å². The molecule has 0 unspecified atom stereocenters. The van der Waals surface area contributed by atoms with Crippen LogP contribution in [0, 0.1) is 0 Å². The molecule has 0 bridgehead atoms. The normalized spacial score (nSPS) is 11.2. The summed E-state index contributed by atoms with van der Waals surface area (Å²) in [5.41, 5.74) is 1.28. The lowest BCUT2D eigenvalue weighted by Gasteiger charge is -2.30. The maximum absolute atomic E-state index is 12.6. The van der Waals surface area contributed by atoms with Crippen molar-refractivity contribution in [3.05, 3.63) is 36.0 Å². The highest BCUT2D eigenvalue weighted by Gasteiger charge is 2.22. The summed E-state index contributed by atoms with van der Waals surface area (Å²) >= 11 is 0. The number of ether oxygens (including phenoxy) is 1. The maximum atomic E-state index is 12.6. The van der Waals surface area contributed by atoms with Gasteiger partial charge in [0, 0.05) is 17.5 Å². The van der Waals surface area contributed by atoms with Gasteiger partial charge in [0.05, 0.1) is 12.6 Å². The lowest BCUT2D eigenvalue weighted by atomic mass is 10.1. The van der Waals surface area contributed by atoms with E-state index in [9.17, 15) is 4.79 Å². The van der Waals surface area contributed by atoms with Crippen molar-refractivity contribution in [3.63, 3.8) is 0 Å². The van der Waals surface area contributed by atoms with Gasteiger partial charge >= 0.3 is 0 Å². The molecule has 1 aromatic carbocycles. The van der Waals surface area contributed by atoms with E-state index in [1.165, 1.54) is 0 Å². The molecule has 0 N–H and O–H groups in total. The molecule has 0 atom stereocenters. The summed E-state index contributed by atoms with van der Waals surface area (Å²) in [6, 6.07) is 9.63. The Morgan fingerprint density at radius 2 is 1.76 bits per heavy atom. The fraction of sp³-hybridized carbons (Fsp3) is 0.412. The van der Waals surface area contributed by atoms with Crippen LogP contribution in [-0.2, 0) is 0 Å². The van der Waals surface area contributed by atoms with E-state index in [2.05, 4.69) is 4.98 Å². The highest BCUT2D eigenvalue weighted by atomic mass is 16.5. The van der Waals surface area contributed by atoms with Gasteiger partial charge in [-0.25, -0.2) is 4.98 Å². The summed E-state index contributed by atoms with van der Waals surface area (Å²) < 4.78 is 5.20. The molecule has 1 heterocycles. The second kappa shape index (κ2) is 6.12. The molecule has 0 saturated heterocycles. The number of carbonyl (C=O) groups excluding carboxylic acids is 1. The van der Waals surface area contributed by atoms with Gasteiger partial charge in [0.2, 0.25) is 0 Å². The number of carbonyl (C=O) groups is 1. The average Bonchev–Trinajstić information content (AvgIpc) is 2.45. The van der Waals surface area contributed by atoms with Gasteiger partial charge in [-0.2, -0.15) is 0 Å². The van der Waals surface area contributed by atoms with Crippen LogP contribution in [0.5, 0.6) is 5.75 Å². The number of pyridine rings is 1. The first kappa shape index (κ1) is 15.3. The number of benzene rings is 1. The van der Waals surface area contributed by atoms with Crippen molar-refractivity contribution in [2.45, 2.75) is 39.8 Å². The molecule has 0 radical (unpaired) electrons. The molecule has 2 aromatic rings. The Morgan fingerprint density at radius 1 is 1.10 bits per heavy atom. The van der Waals surface area contributed by atoms with Crippen LogP contribution in [0.25, 0.3) is 10.9 Å². The third kappa shape index (κ3) is 3.15. The van der Waals surface area contributed by atoms with Crippen molar-refractivity contribution in [1.29, 1.82) is 0 Å². The Morgan fingerprint density at radius 3 is 2.33 bits per heavy atom. The van der Waals surface area contributed by atoms with Gasteiger partial charge in [-0.3, -0.25) is 4.79 Å². The highest BCUT2D eigenvalue weighted by Crippen LogP contribution is 2.20. The van der Waals surface area contributed by atoms with Gasteiger partial charge in [-0.15, -0.1) is 0 Å². The summed E-state index contributed by atoms with van der Waals surface area (Å²) in [6.07, 6.45) is 0. The number of nitrogens with zero attached hydrogens (tertiary/aromatic N) is 2. The average molecular weight is 286 g/mol. The van der Waals surface area contributed by atoms with Crippen LogP contribution in [-0.4, -0.2) is 35.0 Å². The summed E-state index contributed by atoms with van der Waals surface area (Å²) in [7, 11) is 1.63. The molecular formula is C17H22N2O2. The highest BCUT2D eigenvalue weighted by molar-refractivity contribution is 5.95. The van der Waals surface area contributed by atoms with E-state index in [-0.39, 0.29) is 18.0 Å². The van der Waals surface area contributed by atoms with Crippen LogP contribution in [0.3, 0.4) is 0 Å². The number of aromatic nitrogens is 1. The quantitative estimate of drug-likeness (QED) is 0.864. The van der Waals surface area contributed by atoms with E-state index < -0.39 is 0 Å². The molecule has 1 amide bonds. The van der Waals surface area contributed by atoms with Gasteiger partial charge < -0.3 is 9.64 Å². The molecule has 0 spiro atoms. The predicted octanol–water partition coefficient (Wildman–Crippen LogP) is 3.50. The largest absolute Gasteiger partial charge is 0.497 e. The zero-order chi connectivity index (χ0) is 15.6. The van der Waals surface area contributed by atoms with E-state index in [1.807, 2.05) is 56.9 Å². The van der Waals surface area contributed by atoms with Gasteiger partial charge in [0.15, 0.2) is 0 Å². The van der Waals surface area contributed by atoms with E-state index in [4.69, 9.17) is 4.74 Å². The Balaban J connectivity index is 2.40. The third-order valence-electron chi connectivity index (χ3n) is 3.46. The molecule has 112 valence electrons. The van der Waals surface area contributed by atoms with Gasteiger partial charge in [0.25, 0.3) is 5.91 Å². The summed E-state index contributed by atoms with van der Waals surface area (Å²) in [6.45, 7) is 8.07. The topological polar surface area (TPSA) is 42.4 Å². The second-order valence-corrected chi connectivity index (χ2v) is 5.66. The number of amides is 1. The van der Waals surface area contributed by atoms with Crippen molar-refractivity contribution in [1.82, 2.24) is 9.88 Å². The molecule has 1 aromatic heterocycles. The van der Waals surface area contributed by atoms with Crippen molar-refractivity contribution < 1.29 is 9.53 Å². The molecule has 0 fully saturated rings. The molecule has 2 rings (SSSR count). The SMILES string of the molecule is COc1ccc2nc(C(=O)N(C(C)C)C(C)C)ccc2c1. The Kier molecular flexibility index (Phi) is 4.46. The van der Waals surface area contributed by atoms with Crippen LogP contribution in [0.15, 0.2) is 30.3 Å².